The molecule has 0 bridgehead atoms. The number of aliphatic hydroxyl groups is 3. The van der Waals surface area contributed by atoms with Crippen molar-refractivity contribution in [3.05, 3.63) is 12.2 Å². The second-order valence-electron chi connectivity index (χ2n) is 6.21. The van der Waals surface area contributed by atoms with Gasteiger partial charge in [0.05, 0.1) is 39.6 Å². The van der Waals surface area contributed by atoms with E-state index in [1.54, 1.807) is 0 Å². The molecule has 0 aromatic carbocycles. The molecule has 0 saturated heterocycles. The maximum atomic E-state index is 11.1. The van der Waals surface area contributed by atoms with Crippen LogP contribution >= 0.6 is 0 Å². The van der Waals surface area contributed by atoms with Crippen molar-refractivity contribution in [3.8, 4) is 0 Å². The zero-order chi connectivity index (χ0) is 21.3. The molecule has 8 heteroatoms. The molecule has 0 spiro atoms. The molecule has 0 aliphatic heterocycles. The van der Waals surface area contributed by atoms with E-state index in [0.717, 1.165) is 19.3 Å². The molecule has 0 aliphatic rings. The van der Waals surface area contributed by atoms with Crippen LogP contribution in [0.2, 0.25) is 0 Å². The van der Waals surface area contributed by atoms with E-state index in [1.165, 1.54) is 0 Å². The summed E-state index contributed by atoms with van der Waals surface area (Å²) in [5.41, 5.74) is -0.891. The van der Waals surface area contributed by atoms with E-state index in [0.29, 0.717) is 26.2 Å². The Morgan fingerprint density at radius 2 is 1.15 bits per heavy atom. The molecule has 0 radical (unpaired) electrons. The van der Waals surface area contributed by atoms with Crippen LogP contribution in [0.3, 0.4) is 0 Å². The maximum Gasteiger partial charge on any atom is 0.339 e. The Morgan fingerprint density at radius 1 is 0.815 bits per heavy atom. The van der Waals surface area contributed by atoms with E-state index in [9.17, 15) is 4.79 Å². The summed E-state index contributed by atoms with van der Waals surface area (Å²) in [4.78, 5) is 11.1. The van der Waals surface area contributed by atoms with Gasteiger partial charge in [0.2, 0.25) is 0 Å². The van der Waals surface area contributed by atoms with Crippen LogP contribution in [0.15, 0.2) is 12.2 Å². The van der Waals surface area contributed by atoms with Crippen LogP contribution in [0.25, 0.3) is 0 Å². The van der Waals surface area contributed by atoms with Gasteiger partial charge >= 0.3 is 11.9 Å². The van der Waals surface area contributed by atoms with Crippen molar-refractivity contribution in [2.24, 2.45) is 5.41 Å². The Hall–Kier alpha value is -1.03. The van der Waals surface area contributed by atoms with Crippen molar-refractivity contribution < 1.29 is 39.4 Å². The minimum Gasteiger partial charge on any atom is -0.478 e. The van der Waals surface area contributed by atoms with Gasteiger partial charge in [-0.2, -0.15) is 0 Å². The highest BCUT2D eigenvalue weighted by Gasteiger charge is 2.41. The third kappa shape index (κ3) is 10.2. The number of hydrogen-bond acceptors (Lipinski definition) is 7. The van der Waals surface area contributed by atoms with E-state index >= 15 is 0 Å². The van der Waals surface area contributed by atoms with Gasteiger partial charge in [-0.1, -0.05) is 34.3 Å². The number of carboxylic acid groups (broad SMARTS) is 1. The van der Waals surface area contributed by atoms with Crippen LogP contribution in [-0.2, 0) is 19.0 Å². The Bertz CT molecular complexity index is 354. The Morgan fingerprint density at radius 3 is 1.30 bits per heavy atom. The highest BCUT2D eigenvalue weighted by Crippen LogP contribution is 2.25. The Labute approximate surface area is 162 Å². The monoisotopic (exact) mass is 394 g/mol. The molecule has 0 unspecified atom stereocenters. The lowest BCUT2D eigenvalue weighted by Crippen LogP contribution is -2.44. The molecular formula is C19H38O8. The van der Waals surface area contributed by atoms with Crippen LogP contribution in [0.1, 0.15) is 53.4 Å². The van der Waals surface area contributed by atoms with Gasteiger partial charge in [-0.05, 0) is 25.7 Å². The number of aliphatic carboxylic acids is 1. The van der Waals surface area contributed by atoms with Gasteiger partial charge in [-0.15, -0.1) is 0 Å². The second-order valence-corrected chi connectivity index (χ2v) is 6.21. The highest BCUT2D eigenvalue weighted by atomic mass is 16.9. The molecule has 162 valence electrons. The lowest BCUT2D eigenvalue weighted by Gasteiger charge is -2.33. The van der Waals surface area contributed by atoms with Gasteiger partial charge in [-0.25, -0.2) is 4.79 Å². The summed E-state index contributed by atoms with van der Waals surface area (Å²) in [7, 11) is 0. The number of carboxylic acids is 1. The number of ether oxygens (including phenoxy) is 3. The molecule has 0 heterocycles. The summed E-state index contributed by atoms with van der Waals surface area (Å²) < 4.78 is 16.4. The van der Waals surface area contributed by atoms with E-state index in [-0.39, 0.29) is 25.4 Å². The van der Waals surface area contributed by atoms with Crippen molar-refractivity contribution in [2.45, 2.75) is 59.4 Å². The van der Waals surface area contributed by atoms with Gasteiger partial charge < -0.3 is 34.6 Å². The smallest absolute Gasteiger partial charge is 0.339 e. The average molecular weight is 395 g/mol. The highest BCUT2D eigenvalue weighted by molar-refractivity contribution is 5.87. The lowest BCUT2D eigenvalue weighted by atomic mass is 9.88. The predicted octanol–water partition coefficient (Wildman–Crippen LogP) is 1.92. The average Bonchev–Trinajstić information content (AvgIpc) is 2.70. The standard InChI is InChI=1S/C13H24O5.C6H14O3/c1-5-8-16-13(17-9-6-2,18-10-7-3)11(4)12(14)15;1-2-6(3-7,4-8)5-9/h4-10H2,1-3H3,(H,14,15);7-9H,2-5H2,1H3. The SMILES string of the molecule is C=C(C(=O)O)C(OCCC)(OCCC)OCCC.CCC(CO)(CO)CO. The van der Waals surface area contributed by atoms with E-state index in [4.69, 9.17) is 34.6 Å². The molecule has 27 heavy (non-hydrogen) atoms. The number of carbonyl (C=O) groups is 1. The first-order valence-electron chi connectivity index (χ1n) is 9.45. The zero-order valence-corrected chi connectivity index (χ0v) is 17.2. The van der Waals surface area contributed by atoms with E-state index in [1.807, 2.05) is 27.7 Å². The normalized spacial score (nSPS) is 11.7. The van der Waals surface area contributed by atoms with Crippen molar-refractivity contribution in [3.63, 3.8) is 0 Å². The number of aliphatic hydroxyl groups excluding tert-OH is 3. The summed E-state index contributed by atoms with van der Waals surface area (Å²) in [6.45, 7) is 11.7. The number of hydrogen-bond donors (Lipinski definition) is 4. The van der Waals surface area contributed by atoms with E-state index in [2.05, 4.69) is 6.58 Å². The number of rotatable bonds is 15. The first kappa shape index (κ1) is 28.2. The molecule has 0 aromatic heterocycles. The maximum absolute atomic E-state index is 11.1. The van der Waals surface area contributed by atoms with E-state index < -0.39 is 17.4 Å². The Balaban J connectivity index is 0. The molecule has 0 rings (SSSR count). The molecule has 0 atom stereocenters. The predicted molar refractivity (Wildman–Crippen MR) is 102 cm³/mol. The van der Waals surface area contributed by atoms with Crippen LogP contribution in [-0.4, -0.2) is 72.0 Å². The third-order valence-electron chi connectivity index (χ3n) is 3.87. The summed E-state index contributed by atoms with van der Waals surface area (Å²) >= 11 is 0. The summed E-state index contributed by atoms with van der Waals surface area (Å²) in [5, 5.41) is 35.0. The van der Waals surface area contributed by atoms with Gasteiger partial charge in [0.25, 0.3) is 0 Å². The second kappa shape index (κ2) is 16.0. The summed E-state index contributed by atoms with van der Waals surface area (Å²) in [5.74, 6) is -2.84. The van der Waals surface area contributed by atoms with Crippen LogP contribution < -0.4 is 0 Å². The van der Waals surface area contributed by atoms with Gasteiger partial charge in [0, 0.05) is 5.41 Å². The van der Waals surface area contributed by atoms with Gasteiger partial charge in [-0.3, -0.25) is 0 Å². The molecule has 0 saturated carbocycles. The lowest BCUT2D eigenvalue weighted by molar-refractivity contribution is -0.355. The molecule has 0 fully saturated rings. The largest absolute Gasteiger partial charge is 0.478 e. The third-order valence-corrected chi connectivity index (χ3v) is 3.87. The van der Waals surface area contributed by atoms with Crippen molar-refractivity contribution in [1.82, 2.24) is 0 Å². The minimum absolute atomic E-state index is 0.156. The van der Waals surface area contributed by atoms with Crippen molar-refractivity contribution in [1.29, 1.82) is 0 Å². The molecule has 0 aliphatic carbocycles. The summed E-state index contributed by atoms with van der Waals surface area (Å²) in [6, 6.07) is 0. The molecule has 0 amide bonds. The first-order chi connectivity index (χ1) is 12.8. The fourth-order valence-electron chi connectivity index (χ4n) is 1.71. The van der Waals surface area contributed by atoms with Crippen molar-refractivity contribution in [2.75, 3.05) is 39.6 Å². The fourth-order valence-corrected chi connectivity index (χ4v) is 1.71. The molecule has 8 nitrogen and oxygen atoms in total. The van der Waals surface area contributed by atoms with Crippen LogP contribution in [0, 0.1) is 5.41 Å². The zero-order valence-electron chi connectivity index (χ0n) is 17.2. The van der Waals surface area contributed by atoms with Gasteiger partial charge in [0.1, 0.15) is 5.57 Å². The first-order valence-corrected chi connectivity index (χ1v) is 9.45. The van der Waals surface area contributed by atoms with Crippen LogP contribution in [0.5, 0.6) is 0 Å². The topological polar surface area (TPSA) is 126 Å². The quantitative estimate of drug-likeness (QED) is 0.245. The Kier molecular flexibility index (Phi) is 16.7. The van der Waals surface area contributed by atoms with Crippen molar-refractivity contribution >= 4 is 5.97 Å². The van der Waals surface area contributed by atoms with Gasteiger partial charge in [0.15, 0.2) is 0 Å². The minimum atomic E-state index is -1.66. The van der Waals surface area contributed by atoms with Crippen LogP contribution in [0.4, 0.5) is 0 Å². The fraction of sp³-hybridized carbons (Fsp3) is 0.842. The molecule has 0 aromatic rings. The molecular weight excluding hydrogens is 356 g/mol. The summed E-state index contributed by atoms with van der Waals surface area (Å²) in [6.07, 6.45) is 2.80. The molecule has 4 N–H and O–H groups in total.